The van der Waals surface area contributed by atoms with E-state index in [1.807, 2.05) is 20.8 Å². The summed E-state index contributed by atoms with van der Waals surface area (Å²) < 4.78 is 4.47. The normalized spacial score (nSPS) is 15.4. The van der Waals surface area contributed by atoms with Crippen LogP contribution in [0.5, 0.6) is 0 Å². The van der Waals surface area contributed by atoms with E-state index >= 15 is 0 Å². The average Bonchev–Trinajstić information content (AvgIpc) is 2.12. The van der Waals surface area contributed by atoms with Crippen LogP contribution < -0.4 is 0 Å². The third-order valence-electron chi connectivity index (χ3n) is 2.19. The van der Waals surface area contributed by atoms with Gasteiger partial charge >= 0.3 is 0 Å². The number of rotatable bonds is 4. The predicted octanol–water partition coefficient (Wildman–Crippen LogP) is 1.96. The van der Waals surface area contributed by atoms with Crippen LogP contribution in [0.3, 0.4) is 0 Å². The summed E-state index contributed by atoms with van der Waals surface area (Å²) >= 11 is 0. The summed E-state index contributed by atoms with van der Waals surface area (Å²) in [7, 11) is 1.35. The SMILES string of the molecule is CC(O)CC(C)(C)O.COC(O)=CC(O)C(C)(C)C.[Ti]. The van der Waals surface area contributed by atoms with Gasteiger partial charge in [0.2, 0.25) is 0 Å². The van der Waals surface area contributed by atoms with Gasteiger partial charge in [0.15, 0.2) is 0 Å². The molecule has 120 valence electrons. The molecular weight excluding hydrogens is 296 g/mol. The van der Waals surface area contributed by atoms with Crippen LogP contribution in [-0.2, 0) is 26.5 Å². The zero-order chi connectivity index (χ0) is 15.9. The number of hydrogen-bond acceptors (Lipinski definition) is 5. The number of methoxy groups -OCH3 is 1. The first-order chi connectivity index (χ1) is 8.29. The summed E-state index contributed by atoms with van der Waals surface area (Å²) in [6.07, 6.45) is 0.616. The first-order valence-electron chi connectivity index (χ1n) is 6.33. The molecular formula is C14H30O5Ti. The van der Waals surface area contributed by atoms with E-state index in [4.69, 9.17) is 15.3 Å². The van der Waals surface area contributed by atoms with Gasteiger partial charge in [0, 0.05) is 34.2 Å². The number of ether oxygens (including phenoxy) is 1. The van der Waals surface area contributed by atoms with Crippen molar-refractivity contribution < 1.29 is 46.9 Å². The maximum Gasteiger partial charge on any atom is 0.274 e. The van der Waals surface area contributed by atoms with Crippen molar-refractivity contribution in [2.24, 2.45) is 5.41 Å². The minimum Gasteiger partial charge on any atom is -0.481 e. The number of hydrogen-bond donors (Lipinski definition) is 4. The van der Waals surface area contributed by atoms with Gasteiger partial charge < -0.3 is 25.2 Å². The van der Waals surface area contributed by atoms with E-state index in [-0.39, 0.29) is 33.1 Å². The minimum atomic E-state index is -0.728. The van der Waals surface area contributed by atoms with Gasteiger partial charge in [-0.1, -0.05) is 20.8 Å². The standard InChI is InChI=1S/C8H16O3.C6H14O2.Ti/c1-8(2,3)6(9)5-7(10)11-4;1-5(7)4-6(2,3)8;/h5-6,9-10H,1-4H3;5,7-8H,4H2,1-3H3;. The predicted molar refractivity (Wildman–Crippen MR) is 75.8 cm³/mol. The summed E-state index contributed by atoms with van der Waals surface area (Å²) in [6.45, 7) is 10.6. The fourth-order valence-corrected chi connectivity index (χ4v) is 1.18. The molecule has 0 saturated carbocycles. The molecule has 4 N–H and O–H groups in total. The fraction of sp³-hybridized carbons (Fsp3) is 0.857. The molecule has 6 heteroatoms. The average molecular weight is 326 g/mol. The third kappa shape index (κ3) is 17.9. The van der Waals surface area contributed by atoms with E-state index in [0.29, 0.717) is 6.42 Å². The van der Waals surface area contributed by atoms with Gasteiger partial charge in [0.25, 0.3) is 5.95 Å². The molecule has 0 spiro atoms. The molecule has 0 fully saturated rings. The van der Waals surface area contributed by atoms with Crippen LogP contribution in [0.1, 0.15) is 48.0 Å². The molecule has 20 heavy (non-hydrogen) atoms. The molecule has 0 amide bonds. The van der Waals surface area contributed by atoms with E-state index in [9.17, 15) is 5.11 Å². The molecule has 0 bridgehead atoms. The Morgan fingerprint density at radius 1 is 1.15 bits per heavy atom. The van der Waals surface area contributed by atoms with E-state index in [2.05, 4.69) is 4.74 Å². The fourth-order valence-electron chi connectivity index (χ4n) is 1.18. The second-order valence-corrected chi connectivity index (χ2v) is 6.39. The summed E-state index contributed by atoms with van der Waals surface area (Å²) in [5, 5.41) is 36.0. The van der Waals surface area contributed by atoms with Gasteiger partial charge in [-0.15, -0.1) is 0 Å². The molecule has 0 aliphatic carbocycles. The number of aliphatic hydroxyl groups is 4. The van der Waals surface area contributed by atoms with E-state index in [1.165, 1.54) is 13.2 Å². The number of aliphatic hydroxyl groups excluding tert-OH is 3. The molecule has 0 aromatic carbocycles. The Labute approximate surface area is 137 Å². The maximum atomic E-state index is 9.37. The molecule has 0 radical (unpaired) electrons. The van der Waals surface area contributed by atoms with Gasteiger partial charge in [-0.3, -0.25) is 0 Å². The van der Waals surface area contributed by atoms with Crippen molar-refractivity contribution in [2.45, 2.75) is 65.8 Å². The van der Waals surface area contributed by atoms with Crippen molar-refractivity contribution in [3.05, 3.63) is 12.0 Å². The molecule has 2 atom stereocenters. The van der Waals surface area contributed by atoms with Gasteiger partial charge in [0.1, 0.15) is 0 Å². The Hall–Kier alpha value is -0.0657. The van der Waals surface area contributed by atoms with Gasteiger partial charge in [0.05, 0.1) is 24.9 Å². The zero-order valence-electron chi connectivity index (χ0n) is 13.6. The van der Waals surface area contributed by atoms with Crippen LogP contribution in [0.4, 0.5) is 0 Å². The molecule has 0 rings (SSSR count). The largest absolute Gasteiger partial charge is 0.481 e. The van der Waals surface area contributed by atoms with Crippen LogP contribution in [-0.4, -0.2) is 45.3 Å². The summed E-state index contributed by atoms with van der Waals surface area (Å²) in [4.78, 5) is 0. The second-order valence-electron chi connectivity index (χ2n) is 6.39. The Morgan fingerprint density at radius 2 is 1.55 bits per heavy atom. The third-order valence-corrected chi connectivity index (χ3v) is 2.19. The van der Waals surface area contributed by atoms with Gasteiger partial charge in [-0.2, -0.15) is 0 Å². The molecule has 2 unspecified atom stereocenters. The van der Waals surface area contributed by atoms with Crippen LogP contribution in [0.2, 0.25) is 0 Å². The van der Waals surface area contributed by atoms with E-state index in [0.717, 1.165) is 0 Å². The first kappa shape index (κ1) is 24.9. The monoisotopic (exact) mass is 326 g/mol. The van der Waals surface area contributed by atoms with Crippen LogP contribution in [0.15, 0.2) is 12.0 Å². The Balaban J connectivity index is -0.000000288. The molecule has 0 aromatic heterocycles. The molecule has 0 aliphatic heterocycles. The van der Waals surface area contributed by atoms with Crippen molar-refractivity contribution in [1.29, 1.82) is 0 Å². The zero-order valence-corrected chi connectivity index (χ0v) is 15.2. The van der Waals surface area contributed by atoms with Gasteiger partial charge in [-0.05, 0) is 26.2 Å². The Morgan fingerprint density at radius 3 is 1.70 bits per heavy atom. The maximum absolute atomic E-state index is 9.37. The molecule has 0 saturated heterocycles. The molecule has 0 aromatic rings. The molecule has 0 heterocycles. The van der Waals surface area contributed by atoms with Crippen molar-refractivity contribution in [1.82, 2.24) is 0 Å². The van der Waals surface area contributed by atoms with E-state index in [1.54, 1.807) is 20.8 Å². The first-order valence-corrected chi connectivity index (χ1v) is 6.33. The van der Waals surface area contributed by atoms with Crippen LogP contribution >= 0.6 is 0 Å². The van der Waals surface area contributed by atoms with Crippen LogP contribution in [0, 0.1) is 5.41 Å². The minimum absolute atomic E-state index is 0. The van der Waals surface area contributed by atoms with Crippen molar-refractivity contribution in [3.63, 3.8) is 0 Å². The second kappa shape index (κ2) is 10.6. The van der Waals surface area contributed by atoms with Crippen molar-refractivity contribution in [3.8, 4) is 0 Å². The molecule has 0 aliphatic rings. The Kier molecular flexibility index (Phi) is 13.2. The van der Waals surface area contributed by atoms with E-state index < -0.39 is 17.8 Å². The van der Waals surface area contributed by atoms with Crippen molar-refractivity contribution >= 4 is 0 Å². The Bertz CT molecular complexity index is 264. The smallest absolute Gasteiger partial charge is 0.274 e. The summed E-state index contributed by atoms with van der Waals surface area (Å²) in [5.41, 5.74) is -0.999. The van der Waals surface area contributed by atoms with Crippen LogP contribution in [0.25, 0.3) is 0 Å². The summed E-state index contributed by atoms with van der Waals surface area (Å²) in [5.74, 6) is -0.243. The molecule has 5 nitrogen and oxygen atoms in total. The van der Waals surface area contributed by atoms with Gasteiger partial charge in [-0.25, -0.2) is 0 Å². The summed E-state index contributed by atoms with van der Waals surface area (Å²) in [6, 6.07) is 0. The topological polar surface area (TPSA) is 90.2 Å². The quantitative estimate of drug-likeness (QED) is 0.468. The van der Waals surface area contributed by atoms with Crippen molar-refractivity contribution in [2.75, 3.05) is 7.11 Å².